The van der Waals surface area contributed by atoms with Crippen LogP contribution in [0, 0.1) is 0 Å². The Kier molecular flexibility index (Phi) is 4.36. The van der Waals surface area contributed by atoms with Gasteiger partial charge < -0.3 is 9.47 Å². The average molecular weight is 392 g/mol. The largest absolute Gasteiger partial charge is 0.472 e. The van der Waals surface area contributed by atoms with Gasteiger partial charge in [0, 0.05) is 16.7 Å². The Morgan fingerprint density at radius 1 is 0.833 bits per heavy atom. The van der Waals surface area contributed by atoms with Gasteiger partial charge in [0.05, 0.1) is 7.11 Å². The third-order valence-corrected chi connectivity index (χ3v) is 5.60. The molecule has 0 atom stereocenters. The van der Waals surface area contributed by atoms with Gasteiger partial charge >= 0.3 is 5.97 Å². The predicted octanol–water partition coefficient (Wildman–Crippen LogP) is 5.98. The first kappa shape index (κ1) is 18.2. The fraction of sp³-hybridized carbons (Fsp3) is 0.0741. The monoisotopic (exact) mass is 392 g/mol. The molecular formula is C27H20O3. The molecule has 0 unspecified atom stereocenters. The number of hydrogen-bond acceptors (Lipinski definition) is 3. The molecule has 1 aliphatic heterocycles. The highest BCUT2D eigenvalue weighted by atomic mass is 16.5. The maximum Gasteiger partial charge on any atom is 0.341 e. The van der Waals surface area contributed by atoms with Crippen LogP contribution < -0.4 is 4.74 Å². The lowest BCUT2D eigenvalue weighted by atomic mass is 9.82. The van der Waals surface area contributed by atoms with Crippen LogP contribution >= 0.6 is 0 Å². The molecule has 0 aliphatic carbocycles. The Bertz CT molecular complexity index is 1220. The van der Waals surface area contributed by atoms with E-state index in [1.54, 1.807) is 0 Å². The summed E-state index contributed by atoms with van der Waals surface area (Å²) >= 11 is 0. The van der Waals surface area contributed by atoms with Crippen LogP contribution in [0.1, 0.15) is 27.0 Å². The minimum Gasteiger partial charge on any atom is -0.472 e. The molecule has 4 aromatic carbocycles. The summed E-state index contributed by atoms with van der Waals surface area (Å²) in [6.45, 7) is 0. The normalized spacial score (nSPS) is 14.0. The maximum atomic E-state index is 12.7. The zero-order chi connectivity index (χ0) is 20.6. The number of carbonyl (C=O) groups is 1. The van der Waals surface area contributed by atoms with Crippen molar-refractivity contribution in [3.63, 3.8) is 0 Å². The van der Waals surface area contributed by atoms with E-state index >= 15 is 0 Å². The minimum absolute atomic E-state index is 0.415. The summed E-state index contributed by atoms with van der Waals surface area (Å²) in [4.78, 5) is 12.7. The van der Waals surface area contributed by atoms with Gasteiger partial charge in [0.1, 0.15) is 11.3 Å². The Labute approximate surface area is 175 Å². The van der Waals surface area contributed by atoms with Gasteiger partial charge in [-0.05, 0) is 29.0 Å². The number of esters is 1. The van der Waals surface area contributed by atoms with Crippen molar-refractivity contribution in [2.24, 2.45) is 0 Å². The molecule has 5 rings (SSSR count). The first-order valence-corrected chi connectivity index (χ1v) is 9.86. The van der Waals surface area contributed by atoms with Gasteiger partial charge in [-0.15, -0.1) is 0 Å². The van der Waals surface area contributed by atoms with Crippen LogP contribution in [0.3, 0.4) is 0 Å². The molecule has 0 aromatic heterocycles. The van der Waals surface area contributed by atoms with Crippen molar-refractivity contribution in [2.45, 2.75) is 5.60 Å². The van der Waals surface area contributed by atoms with Gasteiger partial charge in [0.15, 0.2) is 5.60 Å². The van der Waals surface area contributed by atoms with Crippen LogP contribution in [0.5, 0.6) is 5.75 Å². The van der Waals surface area contributed by atoms with Crippen molar-refractivity contribution >= 4 is 22.8 Å². The lowest BCUT2D eigenvalue weighted by molar-refractivity contribution is 0.0589. The van der Waals surface area contributed by atoms with E-state index in [2.05, 4.69) is 12.2 Å². The van der Waals surface area contributed by atoms with Crippen molar-refractivity contribution in [1.29, 1.82) is 0 Å². The Hall–Kier alpha value is -3.85. The summed E-state index contributed by atoms with van der Waals surface area (Å²) in [5, 5.41) is 2.00. The van der Waals surface area contributed by atoms with Crippen LogP contribution in [0.4, 0.5) is 0 Å². The smallest absolute Gasteiger partial charge is 0.341 e. The lowest BCUT2D eigenvalue weighted by Gasteiger charge is -2.37. The summed E-state index contributed by atoms with van der Waals surface area (Å²) in [5.41, 5.74) is 2.44. The molecule has 146 valence electrons. The van der Waals surface area contributed by atoms with E-state index in [0.717, 1.165) is 27.5 Å². The van der Waals surface area contributed by atoms with Gasteiger partial charge in [-0.1, -0.05) is 84.9 Å². The average Bonchev–Trinajstić information content (AvgIpc) is 2.83. The van der Waals surface area contributed by atoms with E-state index < -0.39 is 11.6 Å². The van der Waals surface area contributed by atoms with Crippen molar-refractivity contribution in [1.82, 2.24) is 0 Å². The highest BCUT2D eigenvalue weighted by Gasteiger charge is 2.39. The maximum absolute atomic E-state index is 12.7. The molecule has 0 fully saturated rings. The highest BCUT2D eigenvalue weighted by molar-refractivity contribution is 6.03. The Morgan fingerprint density at radius 3 is 2.07 bits per heavy atom. The molecular weight excluding hydrogens is 372 g/mol. The van der Waals surface area contributed by atoms with E-state index in [4.69, 9.17) is 9.47 Å². The standard InChI is InChI=1S/C27H20O3/c1-29-26(28)24-18-19-10-8-9-15-22(19)23-16-17-27(30-25(23)24,20-11-4-2-5-12-20)21-13-6-3-7-14-21/h2-18H,1H3. The van der Waals surface area contributed by atoms with Gasteiger partial charge in [-0.3, -0.25) is 0 Å². The van der Waals surface area contributed by atoms with E-state index in [9.17, 15) is 4.79 Å². The van der Waals surface area contributed by atoms with Gasteiger partial charge in [0.25, 0.3) is 0 Å². The van der Waals surface area contributed by atoms with Crippen molar-refractivity contribution in [3.8, 4) is 5.75 Å². The molecule has 30 heavy (non-hydrogen) atoms. The fourth-order valence-corrected chi connectivity index (χ4v) is 4.14. The number of ether oxygens (including phenoxy) is 2. The number of methoxy groups -OCH3 is 1. The topological polar surface area (TPSA) is 35.5 Å². The quantitative estimate of drug-likeness (QED) is 0.403. The molecule has 3 nitrogen and oxygen atoms in total. The molecule has 0 amide bonds. The molecule has 3 heteroatoms. The van der Waals surface area contributed by atoms with Crippen LogP contribution in [0.25, 0.3) is 16.8 Å². The van der Waals surface area contributed by atoms with Crippen LogP contribution in [0.15, 0.2) is 97.1 Å². The van der Waals surface area contributed by atoms with E-state index in [0.29, 0.717) is 11.3 Å². The molecule has 0 bridgehead atoms. The molecule has 0 spiro atoms. The summed E-state index contributed by atoms with van der Waals surface area (Å²) < 4.78 is 11.9. The molecule has 1 aliphatic rings. The number of fused-ring (bicyclic) bond motifs is 3. The Morgan fingerprint density at radius 2 is 1.43 bits per heavy atom. The molecule has 1 heterocycles. The molecule has 0 N–H and O–H groups in total. The van der Waals surface area contributed by atoms with Crippen LogP contribution in [0.2, 0.25) is 0 Å². The number of rotatable bonds is 3. The van der Waals surface area contributed by atoms with Crippen LogP contribution in [-0.4, -0.2) is 13.1 Å². The van der Waals surface area contributed by atoms with E-state index in [1.807, 2.05) is 91.0 Å². The lowest BCUT2D eigenvalue weighted by Crippen LogP contribution is -2.35. The summed E-state index contributed by atoms with van der Waals surface area (Å²) in [6, 6.07) is 29.9. The van der Waals surface area contributed by atoms with Crippen molar-refractivity contribution in [3.05, 3.63) is 119 Å². The number of hydrogen-bond donors (Lipinski definition) is 0. The first-order chi connectivity index (χ1) is 14.7. The number of carbonyl (C=O) groups excluding carboxylic acids is 1. The van der Waals surface area contributed by atoms with Crippen molar-refractivity contribution in [2.75, 3.05) is 7.11 Å². The third-order valence-electron chi connectivity index (χ3n) is 5.60. The second kappa shape index (κ2) is 7.20. The zero-order valence-electron chi connectivity index (χ0n) is 16.5. The number of benzene rings is 4. The zero-order valence-corrected chi connectivity index (χ0v) is 16.5. The fourth-order valence-electron chi connectivity index (χ4n) is 4.14. The molecule has 0 saturated carbocycles. The third kappa shape index (κ3) is 2.79. The summed E-state index contributed by atoms with van der Waals surface area (Å²) in [6.07, 6.45) is 4.14. The SMILES string of the molecule is COC(=O)c1cc2ccccc2c2c1OC(c1ccccc1)(c1ccccc1)C=C2. The second-order valence-electron chi connectivity index (χ2n) is 7.28. The van der Waals surface area contributed by atoms with E-state index in [1.165, 1.54) is 7.11 Å². The predicted molar refractivity (Wildman–Crippen MR) is 119 cm³/mol. The van der Waals surface area contributed by atoms with E-state index in [-0.39, 0.29) is 0 Å². The molecule has 0 saturated heterocycles. The van der Waals surface area contributed by atoms with Crippen molar-refractivity contribution < 1.29 is 14.3 Å². The van der Waals surface area contributed by atoms with Gasteiger partial charge in [0.2, 0.25) is 0 Å². The molecule has 0 radical (unpaired) electrons. The first-order valence-electron chi connectivity index (χ1n) is 9.86. The minimum atomic E-state index is -0.846. The summed E-state index contributed by atoms with van der Waals surface area (Å²) in [7, 11) is 1.39. The highest BCUT2D eigenvalue weighted by Crippen LogP contribution is 2.45. The Balaban J connectivity index is 1.81. The van der Waals surface area contributed by atoms with Gasteiger partial charge in [-0.25, -0.2) is 4.79 Å². The summed E-state index contributed by atoms with van der Waals surface area (Å²) in [5.74, 6) is 0.123. The molecule has 4 aromatic rings. The second-order valence-corrected chi connectivity index (χ2v) is 7.28. The van der Waals surface area contributed by atoms with Gasteiger partial charge in [-0.2, -0.15) is 0 Å². The van der Waals surface area contributed by atoms with Crippen LogP contribution in [-0.2, 0) is 10.3 Å².